The van der Waals surface area contributed by atoms with Gasteiger partial charge in [0, 0.05) is 5.69 Å². The van der Waals surface area contributed by atoms with Crippen LogP contribution in [0.4, 0.5) is 5.69 Å². The zero-order chi connectivity index (χ0) is 12.1. The van der Waals surface area contributed by atoms with Gasteiger partial charge in [-0.05, 0) is 48.4 Å². The number of hydrogen-bond acceptors (Lipinski definition) is 3. The number of benzene rings is 1. The molecule has 1 nitrogen and oxygen atoms in total. The van der Waals surface area contributed by atoms with Gasteiger partial charge in [0.1, 0.15) is 0 Å². The Kier molecular flexibility index (Phi) is 5.42. The van der Waals surface area contributed by atoms with E-state index in [9.17, 15) is 0 Å². The van der Waals surface area contributed by atoms with E-state index in [1.165, 1.54) is 17.9 Å². The Morgan fingerprint density at radius 3 is 2.65 bits per heavy atom. The predicted octanol–water partition coefficient (Wildman–Crippen LogP) is 5.12. The molecule has 1 heterocycles. The van der Waals surface area contributed by atoms with Crippen LogP contribution in [0.5, 0.6) is 0 Å². The van der Waals surface area contributed by atoms with Crippen LogP contribution in [-0.2, 0) is 0 Å². The van der Waals surface area contributed by atoms with Crippen LogP contribution in [0.25, 0.3) is 0 Å². The second-order valence-corrected chi connectivity index (χ2v) is 7.21. The van der Waals surface area contributed by atoms with Crippen molar-refractivity contribution in [3.05, 3.63) is 40.5 Å². The van der Waals surface area contributed by atoms with Gasteiger partial charge in [0.2, 0.25) is 0 Å². The summed E-state index contributed by atoms with van der Waals surface area (Å²) in [5.74, 6) is 2.52. The Morgan fingerprint density at radius 2 is 1.94 bits per heavy atom. The quantitative estimate of drug-likeness (QED) is 0.833. The van der Waals surface area contributed by atoms with E-state index in [0.29, 0.717) is 14.6 Å². The monoisotopic (exact) mass is 305 g/mol. The number of halogens is 2. The zero-order valence-corrected chi connectivity index (χ0v) is 12.3. The predicted molar refractivity (Wildman–Crippen MR) is 82.5 cm³/mol. The van der Waals surface area contributed by atoms with E-state index in [0.717, 1.165) is 5.69 Å². The minimum atomic E-state index is 0.569. The molecule has 0 aliphatic carbocycles. The average molecular weight is 306 g/mol. The topological polar surface area (TPSA) is 12.0 Å². The highest BCUT2D eigenvalue weighted by Gasteiger charge is 2.10. The summed E-state index contributed by atoms with van der Waals surface area (Å²) in [4.78, 5) is 0. The highest BCUT2D eigenvalue weighted by Crippen LogP contribution is 2.31. The van der Waals surface area contributed by atoms with Crippen molar-refractivity contribution in [3.8, 4) is 0 Å². The number of anilines is 1. The highest BCUT2D eigenvalue weighted by atomic mass is 35.5. The summed E-state index contributed by atoms with van der Waals surface area (Å²) in [6.07, 6.45) is 5.49. The van der Waals surface area contributed by atoms with Gasteiger partial charge in [-0.15, -0.1) is 23.5 Å². The van der Waals surface area contributed by atoms with Crippen molar-refractivity contribution >= 4 is 52.4 Å². The van der Waals surface area contributed by atoms with Crippen LogP contribution in [0.2, 0.25) is 10.0 Å². The van der Waals surface area contributed by atoms with Crippen molar-refractivity contribution in [3.63, 3.8) is 0 Å². The van der Waals surface area contributed by atoms with Gasteiger partial charge in [-0.1, -0.05) is 23.2 Å². The molecule has 1 aliphatic rings. The van der Waals surface area contributed by atoms with Gasteiger partial charge in [0.05, 0.1) is 14.6 Å². The molecule has 0 bridgehead atoms. The number of nitrogens with one attached hydrogen (secondary N) is 1. The smallest absolute Gasteiger partial charge is 0.0699 e. The van der Waals surface area contributed by atoms with Crippen LogP contribution in [0, 0.1) is 0 Å². The Bertz CT molecular complexity index is 403. The molecule has 17 heavy (non-hydrogen) atoms. The third-order valence-electron chi connectivity index (χ3n) is 2.28. The molecule has 92 valence electrons. The fraction of sp³-hybridized carbons (Fsp3) is 0.333. The SMILES string of the molecule is Clc1ccc(N/C=C/C2SCCCS2)cc1Cl. The van der Waals surface area contributed by atoms with Gasteiger partial charge in [0.25, 0.3) is 0 Å². The van der Waals surface area contributed by atoms with E-state index in [2.05, 4.69) is 11.4 Å². The molecule has 0 spiro atoms. The van der Waals surface area contributed by atoms with Crippen LogP contribution >= 0.6 is 46.7 Å². The van der Waals surface area contributed by atoms with Gasteiger partial charge >= 0.3 is 0 Å². The van der Waals surface area contributed by atoms with Crippen LogP contribution in [0.15, 0.2) is 30.5 Å². The average Bonchev–Trinajstić information content (AvgIpc) is 2.35. The Hall–Kier alpha value is 0.0400. The Labute approximate surface area is 120 Å². The minimum absolute atomic E-state index is 0.569. The first-order valence-electron chi connectivity index (χ1n) is 5.37. The molecule has 1 saturated heterocycles. The van der Waals surface area contributed by atoms with E-state index in [4.69, 9.17) is 23.2 Å². The maximum absolute atomic E-state index is 5.94. The van der Waals surface area contributed by atoms with Crippen molar-refractivity contribution in [2.24, 2.45) is 0 Å². The lowest BCUT2D eigenvalue weighted by Gasteiger charge is -2.17. The summed E-state index contributed by atoms with van der Waals surface area (Å²) in [5.41, 5.74) is 0.960. The van der Waals surface area contributed by atoms with E-state index in [1.807, 2.05) is 41.9 Å². The maximum atomic E-state index is 5.94. The third kappa shape index (κ3) is 4.32. The van der Waals surface area contributed by atoms with Gasteiger partial charge < -0.3 is 5.32 Å². The van der Waals surface area contributed by atoms with E-state index in [-0.39, 0.29) is 0 Å². The second-order valence-electron chi connectivity index (χ2n) is 3.60. The van der Waals surface area contributed by atoms with Crippen molar-refractivity contribution < 1.29 is 0 Å². The standard InChI is InChI=1S/C12H13Cl2NS2/c13-10-3-2-9(8-11(10)14)15-5-4-12-16-6-1-7-17-12/h2-5,8,12,15H,1,6-7H2/b5-4+. The van der Waals surface area contributed by atoms with Gasteiger partial charge in [-0.25, -0.2) is 0 Å². The molecular formula is C12H13Cl2NS2. The van der Waals surface area contributed by atoms with Crippen LogP contribution in [-0.4, -0.2) is 16.1 Å². The lowest BCUT2D eigenvalue weighted by Crippen LogP contribution is -2.03. The largest absolute Gasteiger partial charge is 0.362 e. The van der Waals surface area contributed by atoms with Crippen molar-refractivity contribution in [2.75, 3.05) is 16.8 Å². The molecule has 0 amide bonds. The lowest BCUT2D eigenvalue weighted by molar-refractivity contribution is 1.11. The van der Waals surface area contributed by atoms with Gasteiger partial charge in [0.15, 0.2) is 0 Å². The Morgan fingerprint density at radius 1 is 1.18 bits per heavy atom. The number of rotatable bonds is 3. The van der Waals surface area contributed by atoms with Crippen molar-refractivity contribution in [1.29, 1.82) is 0 Å². The molecule has 0 radical (unpaired) electrons. The summed E-state index contributed by atoms with van der Waals surface area (Å²) < 4.78 is 0.569. The molecule has 1 aromatic carbocycles. The lowest BCUT2D eigenvalue weighted by atomic mass is 10.3. The minimum Gasteiger partial charge on any atom is -0.362 e. The summed E-state index contributed by atoms with van der Waals surface area (Å²) in [7, 11) is 0. The molecular weight excluding hydrogens is 293 g/mol. The molecule has 0 atom stereocenters. The third-order valence-corrected chi connectivity index (χ3v) is 5.85. The molecule has 0 saturated carbocycles. The second kappa shape index (κ2) is 6.83. The first kappa shape index (κ1) is 13.5. The molecule has 2 rings (SSSR count). The van der Waals surface area contributed by atoms with Gasteiger partial charge in [-0.2, -0.15) is 0 Å². The first-order chi connectivity index (χ1) is 8.25. The van der Waals surface area contributed by atoms with Crippen LogP contribution < -0.4 is 5.32 Å². The molecule has 1 aliphatic heterocycles. The van der Waals surface area contributed by atoms with E-state index < -0.39 is 0 Å². The Balaban J connectivity index is 1.88. The van der Waals surface area contributed by atoms with E-state index >= 15 is 0 Å². The normalized spacial score (nSPS) is 17.5. The number of hydrogen-bond donors (Lipinski definition) is 1. The fourth-order valence-electron chi connectivity index (χ4n) is 1.43. The highest BCUT2D eigenvalue weighted by molar-refractivity contribution is 8.17. The summed E-state index contributed by atoms with van der Waals surface area (Å²) >= 11 is 15.8. The van der Waals surface area contributed by atoms with Gasteiger partial charge in [-0.3, -0.25) is 0 Å². The van der Waals surface area contributed by atoms with Crippen molar-refractivity contribution in [1.82, 2.24) is 0 Å². The molecule has 0 aromatic heterocycles. The zero-order valence-electron chi connectivity index (χ0n) is 9.16. The fourth-order valence-corrected chi connectivity index (χ4v) is 4.33. The molecule has 0 unspecified atom stereocenters. The molecule has 5 heteroatoms. The summed E-state index contributed by atoms with van der Waals surface area (Å²) in [6, 6.07) is 5.54. The van der Waals surface area contributed by atoms with Crippen LogP contribution in [0.1, 0.15) is 6.42 Å². The van der Waals surface area contributed by atoms with Crippen LogP contribution in [0.3, 0.4) is 0 Å². The van der Waals surface area contributed by atoms with Crippen molar-refractivity contribution in [2.45, 2.75) is 11.0 Å². The maximum Gasteiger partial charge on any atom is 0.0699 e. The first-order valence-corrected chi connectivity index (χ1v) is 8.22. The summed E-state index contributed by atoms with van der Waals surface area (Å²) in [6.45, 7) is 0. The molecule has 1 fully saturated rings. The van der Waals surface area contributed by atoms with E-state index in [1.54, 1.807) is 6.07 Å². The molecule has 1 N–H and O–H groups in total. The number of thioether (sulfide) groups is 2. The molecule has 1 aromatic rings. The summed E-state index contributed by atoms with van der Waals surface area (Å²) in [5, 5.41) is 4.37.